The Labute approximate surface area is 171 Å². The summed E-state index contributed by atoms with van der Waals surface area (Å²) >= 11 is 6.00. The highest BCUT2D eigenvalue weighted by atomic mass is 35.5. The number of benzene rings is 2. The summed E-state index contributed by atoms with van der Waals surface area (Å²) in [6, 6.07) is 13.3. The number of amides is 1. The van der Waals surface area contributed by atoms with Crippen molar-refractivity contribution in [1.29, 1.82) is 0 Å². The van der Waals surface area contributed by atoms with Crippen molar-refractivity contribution in [2.45, 2.75) is 38.6 Å². The fourth-order valence-corrected chi connectivity index (χ4v) is 3.78. The number of nitrogens with zero attached hydrogens (tertiary/aromatic N) is 2. The average molecular weight is 400 g/mol. The van der Waals surface area contributed by atoms with E-state index in [2.05, 4.69) is 55.4 Å². The zero-order valence-electron chi connectivity index (χ0n) is 16.7. The molecule has 1 heterocycles. The van der Waals surface area contributed by atoms with Crippen molar-refractivity contribution in [3.8, 4) is 5.75 Å². The SMILES string of the molecule is CC1CC(C)(C)N(C)c2ccc(/C=N\NC(=O)COc3ccccc3Cl)cc21. The Morgan fingerprint density at radius 1 is 1.36 bits per heavy atom. The first-order chi connectivity index (χ1) is 13.3. The number of anilines is 1. The van der Waals surface area contributed by atoms with Crippen LogP contribution in [0.2, 0.25) is 5.02 Å². The number of hydrogen-bond acceptors (Lipinski definition) is 4. The lowest BCUT2D eigenvalue weighted by atomic mass is 9.80. The van der Waals surface area contributed by atoms with Crippen LogP contribution in [0.5, 0.6) is 5.75 Å². The zero-order valence-corrected chi connectivity index (χ0v) is 17.5. The Morgan fingerprint density at radius 2 is 2.11 bits per heavy atom. The Balaban J connectivity index is 1.60. The van der Waals surface area contributed by atoms with Crippen LogP contribution in [0.15, 0.2) is 47.6 Å². The molecule has 28 heavy (non-hydrogen) atoms. The van der Waals surface area contributed by atoms with Gasteiger partial charge in [-0.15, -0.1) is 0 Å². The van der Waals surface area contributed by atoms with Gasteiger partial charge in [0.2, 0.25) is 0 Å². The topological polar surface area (TPSA) is 53.9 Å². The molecule has 0 spiro atoms. The normalized spacial score (nSPS) is 18.0. The Bertz CT molecular complexity index is 895. The summed E-state index contributed by atoms with van der Waals surface area (Å²) < 4.78 is 5.40. The van der Waals surface area contributed by atoms with Crippen molar-refractivity contribution in [2.24, 2.45) is 5.10 Å². The summed E-state index contributed by atoms with van der Waals surface area (Å²) in [4.78, 5) is 14.2. The molecule has 2 aromatic rings. The fraction of sp³-hybridized carbons (Fsp3) is 0.364. The van der Waals surface area contributed by atoms with Crippen molar-refractivity contribution in [2.75, 3.05) is 18.6 Å². The van der Waals surface area contributed by atoms with Crippen LogP contribution in [0.3, 0.4) is 0 Å². The molecule has 5 nitrogen and oxygen atoms in total. The molecule has 148 valence electrons. The van der Waals surface area contributed by atoms with Gasteiger partial charge >= 0.3 is 0 Å². The molecule has 0 radical (unpaired) electrons. The number of hydrazone groups is 1. The molecule has 2 aromatic carbocycles. The number of ether oxygens (including phenoxy) is 1. The van der Waals surface area contributed by atoms with Crippen LogP contribution in [0.1, 0.15) is 44.2 Å². The quantitative estimate of drug-likeness (QED) is 0.590. The van der Waals surface area contributed by atoms with E-state index in [1.54, 1.807) is 30.5 Å². The number of hydrogen-bond donors (Lipinski definition) is 1. The number of carbonyl (C=O) groups is 1. The van der Waals surface area contributed by atoms with Gasteiger partial charge in [0.05, 0.1) is 11.2 Å². The van der Waals surface area contributed by atoms with E-state index in [9.17, 15) is 4.79 Å². The first-order valence-corrected chi connectivity index (χ1v) is 9.73. The molecular formula is C22H26ClN3O2. The zero-order chi connectivity index (χ0) is 20.3. The molecule has 1 unspecified atom stereocenters. The van der Waals surface area contributed by atoms with Crippen molar-refractivity contribution in [1.82, 2.24) is 5.43 Å². The molecular weight excluding hydrogens is 374 g/mol. The van der Waals surface area contributed by atoms with E-state index >= 15 is 0 Å². The van der Waals surface area contributed by atoms with Gasteiger partial charge in [-0.05, 0) is 61.6 Å². The minimum absolute atomic E-state index is 0.137. The lowest BCUT2D eigenvalue weighted by molar-refractivity contribution is -0.123. The van der Waals surface area contributed by atoms with Crippen LogP contribution >= 0.6 is 11.6 Å². The number of halogens is 1. The molecule has 0 aliphatic carbocycles. The summed E-state index contributed by atoms with van der Waals surface area (Å²) in [5.74, 6) is 0.594. The molecule has 1 amide bonds. The van der Waals surface area contributed by atoms with Gasteiger partial charge in [-0.1, -0.05) is 36.7 Å². The van der Waals surface area contributed by atoms with Gasteiger partial charge in [0, 0.05) is 18.3 Å². The first-order valence-electron chi connectivity index (χ1n) is 9.35. The molecule has 0 saturated carbocycles. The highest BCUT2D eigenvalue weighted by Crippen LogP contribution is 2.42. The second-order valence-electron chi connectivity index (χ2n) is 7.81. The summed E-state index contributed by atoms with van der Waals surface area (Å²) in [7, 11) is 2.14. The number of nitrogens with one attached hydrogen (secondary N) is 1. The van der Waals surface area contributed by atoms with Crippen LogP contribution in [-0.4, -0.2) is 31.3 Å². The maximum atomic E-state index is 11.9. The third-order valence-electron chi connectivity index (χ3n) is 5.26. The molecule has 3 rings (SSSR count). The summed E-state index contributed by atoms with van der Waals surface area (Å²) in [5, 5.41) is 4.51. The number of carbonyl (C=O) groups excluding carboxylic acids is 1. The number of fused-ring (bicyclic) bond motifs is 1. The largest absolute Gasteiger partial charge is 0.482 e. The molecule has 1 N–H and O–H groups in total. The summed E-state index contributed by atoms with van der Waals surface area (Å²) in [5.41, 5.74) is 6.13. The smallest absolute Gasteiger partial charge is 0.277 e. The van der Waals surface area contributed by atoms with Gasteiger partial charge < -0.3 is 9.64 Å². The van der Waals surface area contributed by atoms with E-state index in [1.165, 1.54) is 11.3 Å². The molecule has 1 aliphatic heterocycles. The maximum absolute atomic E-state index is 11.9. The van der Waals surface area contributed by atoms with Crippen LogP contribution in [0.25, 0.3) is 0 Å². The Kier molecular flexibility index (Phi) is 5.94. The van der Waals surface area contributed by atoms with E-state index < -0.39 is 0 Å². The molecule has 1 aliphatic rings. The highest BCUT2D eigenvalue weighted by molar-refractivity contribution is 6.32. The maximum Gasteiger partial charge on any atom is 0.277 e. The molecule has 6 heteroatoms. The molecule has 0 fully saturated rings. The summed E-state index contributed by atoms with van der Waals surface area (Å²) in [6.07, 6.45) is 2.74. The van der Waals surface area contributed by atoms with Crippen LogP contribution in [0.4, 0.5) is 5.69 Å². The van der Waals surface area contributed by atoms with Crippen LogP contribution in [-0.2, 0) is 4.79 Å². The number of para-hydroxylation sites is 1. The van der Waals surface area contributed by atoms with Gasteiger partial charge in [0.1, 0.15) is 5.75 Å². The van der Waals surface area contributed by atoms with E-state index in [0.29, 0.717) is 16.7 Å². The number of rotatable bonds is 5. The van der Waals surface area contributed by atoms with Crippen molar-refractivity contribution < 1.29 is 9.53 Å². The lowest BCUT2D eigenvalue weighted by Crippen LogP contribution is -2.45. The van der Waals surface area contributed by atoms with Gasteiger partial charge in [-0.3, -0.25) is 4.79 Å². The lowest BCUT2D eigenvalue weighted by Gasteiger charge is -2.45. The standard InChI is InChI=1S/C22H26ClN3O2/c1-15-12-22(2,3)26(4)19-10-9-16(11-17(15)19)13-24-25-21(27)14-28-20-8-6-5-7-18(20)23/h5-11,13,15H,12,14H2,1-4H3,(H,25,27)/b24-13-. The minimum Gasteiger partial charge on any atom is -0.482 e. The van der Waals surface area contributed by atoms with Crippen molar-refractivity contribution in [3.05, 3.63) is 58.6 Å². The molecule has 0 aromatic heterocycles. The molecule has 0 saturated heterocycles. The third-order valence-corrected chi connectivity index (χ3v) is 5.57. The van der Waals surface area contributed by atoms with Gasteiger partial charge in [-0.25, -0.2) is 5.43 Å². The highest BCUT2D eigenvalue weighted by Gasteiger charge is 2.33. The Hall–Kier alpha value is -2.53. The second-order valence-corrected chi connectivity index (χ2v) is 8.21. The van der Waals surface area contributed by atoms with Crippen molar-refractivity contribution >= 4 is 29.4 Å². The average Bonchev–Trinajstić information content (AvgIpc) is 2.65. The van der Waals surface area contributed by atoms with Crippen molar-refractivity contribution in [3.63, 3.8) is 0 Å². The summed E-state index contributed by atoms with van der Waals surface area (Å²) in [6.45, 7) is 6.63. The predicted octanol–water partition coefficient (Wildman–Crippen LogP) is 4.59. The van der Waals surface area contributed by atoms with E-state index in [1.807, 2.05) is 6.07 Å². The Morgan fingerprint density at radius 3 is 2.86 bits per heavy atom. The van der Waals surface area contributed by atoms with E-state index in [0.717, 1.165) is 12.0 Å². The monoisotopic (exact) mass is 399 g/mol. The van der Waals surface area contributed by atoms with Crippen LogP contribution in [0, 0.1) is 0 Å². The van der Waals surface area contributed by atoms with Crippen LogP contribution < -0.4 is 15.1 Å². The second kappa shape index (κ2) is 8.23. The fourth-order valence-electron chi connectivity index (χ4n) is 3.59. The van der Waals surface area contributed by atoms with E-state index in [4.69, 9.17) is 16.3 Å². The predicted molar refractivity (Wildman–Crippen MR) is 115 cm³/mol. The minimum atomic E-state index is -0.344. The van der Waals surface area contributed by atoms with Gasteiger partial charge in [-0.2, -0.15) is 5.10 Å². The van der Waals surface area contributed by atoms with Gasteiger partial charge in [0.25, 0.3) is 5.91 Å². The molecule has 0 bridgehead atoms. The molecule has 1 atom stereocenters. The third kappa shape index (κ3) is 4.47. The van der Waals surface area contributed by atoms with E-state index in [-0.39, 0.29) is 18.1 Å². The van der Waals surface area contributed by atoms with Gasteiger partial charge in [0.15, 0.2) is 6.61 Å². The first kappa shape index (κ1) is 20.2.